The molecule has 1 rings (SSSR count). The molecule has 0 fully saturated rings. The van der Waals surface area contributed by atoms with Crippen molar-refractivity contribution >= 4 is 6.21 Å². The summed E-state index contributed by atoms with van der Waals surface area (Å²) in [5.74, 6) is 0. The summed E-state index contributed by atoms with van der Waals surface area (Å²) in [5, 5.41) is 0. The summed E-state index contributed by atoms with van der Waals surface area (Å²) in [4.78, 5) is 4.23. The van der Waals surface area contributed by atoms with Gasteiger partial charge in [-0.2, -0.15) is 0 Å². The van der Waals surface area contributed by atoms with Gasteiger partial charge in [0, 0.05) is 0 Å². The first-order valence-corrected chi connectivity index (χ1v) is 5.66. The summed E-state index contributed by atoms with van der Waals surface area (Å²) in [7, 11) is 0. The molecule has 2 heteroatoms. The van der Waals surface area contributed by atoms with Gasteiger partial charge in [0.15, 0.2) is 0 Å². The van der Waals surface area contributed by atoms with E-state index < -0.39 is 0 Å². The number of aliphatic imine (C=N–C) groups is 1. The Hall–Kier alpha value is 0.140. The second-order valence-electron chi connectivity index (χ2n) is 1.63. The number of hydrogen-bond acceptors (Lipinski definition) is 1. The molecule has 0 bridgehead atoms. The predicted octanol–water partition coefficient (Wildman–Crippen LogP) is -2.29. The van der Waals surface area contributed by atoms with Crippen LogP contribution in [0.5, 0.6) is 0 Å². The average molecular weight is 222 g/mol. The van der Waals surface area contributed by atoms with E-state index in [0.717, 1.165) is 0 Å². The van der Waals surface area contributed by atoms with Gasteiger partial charge in [0.2, 0.25) is 0 Å². The zero-order valence-electron chi connectivity index (χ0n) is 4.68. The van der Waals surface area contributed by atoms with Gasteiger partial charge >= 0.3 is 60.0 Å². The van der Waals surface area contributed by atoms with Crippen molar-refractivity contribution in [1.82, 2.24) is 0 Å². The quantitative estimate of drug-likeness (QED) is 0.269. The predicted molar refractivity (Wildman–Crippen MR) is 32.2 cm³/mol. The second kappa shape index (κ2) is 3.22. The monoisotopic (exact) mass is 222 g/mol. The Morgan fingerprint density at radius 2 is 2.75 bits per heavy atom. The molecular weight excluding hydrogens is 213 g/mol. The Balaban J connectivity index is 2.42. The first kappa shape index (κ1) is 6.26. The number of nitrogens with zero attached hydrogens (tertiary/aromatic N) is 1. The molecule has 46 valence electrons. The van der Waals surface area contributed by atoms with Crippen molar-refractivity contribution in [3.63, 3.8) is 0 Å². The molecule has 1 atom stereocenters. The first-order chi connectivity index (χ1) is 3.93. The van der Waals surface area contributed by atoms with E-state index in [1.165, 1.54) is 8.86 Å². The van der Waals surface area contributed by atoms with E-state index in [0.29, 0.717) is 27.2 Å². The van der Waals surface area contributed by atoms with Crippen molar-refractivity contribution in [2.45, 2.75) is 6.04 Å². The average Bonchev–Trinajstić information content (AvgIpc) is 1.90. The molecule has 0 radical (unpaired) electrons. The summed E-state index contributed by atoms with van der Waals surface area (Å²) in [6, 6.07) is 0.469. The Morgan fingerprint density at radius 3 is 3.12 bits per heavy atom. The molecule has 8 heavy (non-hydrogen) atoms. The van der Waals surface area contributed by atoms with E-state index in [-0.39, 0.29) is 0 Å². The van der Waals surface area contributed by atoms with Crippen molar-refractivity contribution < 1.29 is 21.2 Å². The first-order valence-electron chi connectivity index (χ1n) is 2.61. The van der Waals surface area contributed by atoms with Gasteiger partial charge in [0.25, 0.3) is 0 Å². The van der Waals surface area contributed by atoms with Crippen LogP contribution in [-0.2, 0) is 0 Å². The van der Waals surface area contributed by atoms with E-state index in [1.54, 1.807) is 0 Å². The third-order valence-electron chi connectivity index (χ3n) is 1.01. The van der Waals surface area contributed by atoms with Gasteiger partial charge in [-0.1, -0.05) is 0 Å². The van der Waals surface area contributed by atoms with Crippen molar-refractivity contribution in [1.29, 1.82) is 0 Å². The Kier molecular flexibility index (Phi) is 2.52. The van der Waals surface area contributed by atoms with Crippen molar-refractivity contribution in [2.24, 2.45) is 4.99 Å². The normalized spacial score (nSPS) is 28.8. The minimum atomic E-state index is 0.448. The molecule has 1 aliphatic rings. The number of alkyl halides is 2. The maximum absolute atomic E-state index is 4.23. The number of rotatable bonds is 1. The molecule has 0 N–H and O–H groups in total. The van der Waals surface area contributed by atoms with Crippen LogP contribution in [0.25, 0.3) is 0 Å². The van der Waals surface area contributed by atoms with E-state index in [2.05, 4.69) is 11.6 Å². The fourth-order valence-electron chi connectivity index (χ4n) is 0.563. The van der Waals surface area contributed by atoms with Crippen LogP contribution in [0, 0.1) is 0 Å². The fraction of sp³-hybridized carbons (Fsp3) is 0.500. The van der Waals surface area contributed by atoms with Gasteiger partial charge < -0.3 is 0 Å². The molecule has 0 amide bonds. The molecule has 0 aliphatic carbocycles. The summed E-state index contributed by atoms with van der Waals surface area (Å²) in [6.07, 6.45) is 3.98. The van der Waals surface area contributed by atoms with Crippen LogP contribution in [0.1, 0.15) is 0 Å². The SMILES string of the molecule is C=CC1C[I-]CC=N1. The van der Waals surface area contributed by atoms with Gasteiger partial charge in [-0.05, 0) is 0 Å². The van der Waals surface area contributed by atoms with Gasteiger partial charge in [0.1, 0.15) is 0 Å². The van der Waals surface area contributed by atoms with Gasteiger partial charge in [-0.3, -0.25) is 0 Å². The molecule has 0 aromatic heterocycles. The molecule has 1 heterocycles. The van der Waals surface area contributed by atoms with E-state index in [4.69, 9.17) is 0 Å². The third kappa shape index (κ3) is 1.58. The topological polar surface area (TPSA) is 12.4 Å². The van der Waals surface area contributed by atoms with Crippen LogP contribution < -0.4 is 21.2 Å². The molecular formula is C6H9IN-. The Bertz CT molecular complexity index is 109. The van der Waals surface area contributed by atoms with E-state index in [1.807, 2.05) is 12.3 Å². The molecule has 0 saturated heterocycles. The molecule has 0 saturated carbocycles. The van der Waals surface area contributed by atoms with Crippen LogP contribution in [0.4, 0.5) is 0 Å². The van der Waals surface area contributed by atoms with Crippen LogP contribution in [0.2, 0.25) is 0 Å². The Labute approximate surface area is 60.1 Å². The summed E-state index contributed by atoms with van der Waals surface area (Å²) in [5.41, 5.74) is 0. The van der Waals surface area contributed by atoms with E-state index in [9.17, 15) is 0 Å². The van der Waals surface area contributed by atoms with Crippen molar-refractivity contribution in [3.8, 4) is 0 Å². The number of hydrogen-bond donors (Lipinski definition) is 0. The summed E-state index contributed by atoms with van der Waals surface area (Å²) >= 11 is 0.448. The fourth-order valence-corrected chi connectivity index (χ4v) is 2.65. The summed E-state index contributed by atoms with van der Waals surface area (Å²) < 4.78 is 2.57. The molecule has 1 unspecified atom stereocenters. The van der Waals surface area contributed by atoms with Crippen LogP contribution in [-0.4, -0.2) is 21.1 Å². The van der Waals surface area contributed by atoms with E-state index >= 15 is 0 Å². The Morgan fingerprint density at radius 1 is 1.88 bits per heavy atom. The molecule has 1 nitrogen and oxygen atoms in total. The standard InChI is InChI=1S/C6H9IN/c1-2-6-5-7-3-4-8-6/h2,4,6H,1,3,5H2/q-1. The molecule has 1 aliphatic heterocycles. The molecule has 0 aromatic carbocycles. The molecule has 0 aromatic rings. The van der Waals surface area contributed by atoms with Crippen molar-refractivity contribution in [3.05, 3.63) is 12.7 Å². The van der Waals surface area contributed by atoms with Gasteiger partial charge in [-0.15, -0.1) is 0 Å². The third-order valence-corrected chi connectivity index (χ3v) is 3.56. The van der Waals surface area contributed by atoms with Crippen LogP contribution in [0.3, 0.4) is 0 Å². The maximum atomic E-state index is 4.23. The van der Waals surface area contributed by atoms with Gasteiger partial charge in [0.05, 0.1) is 0 Å². The second-order valence-corrected chi connectivity index (χ2v) is 4.47. The minimum absolute atomic E-state index is 0.448. The van der Waals surface area contributed by atoms with Crippen LogP contribution >= 0.6 is 0 Å². The summed E-state index contributed by atoms with van der Waals surface area (Å²) in [6.45, 7) is 3.69. The van der Waals surface area contributed by atoms with Crippen molar-refractivity contribution in [2.75, 3.05) is 8.86 Å². The molecule has 0 spiro atoms. The zero-order valence-corrected chi connectivity index (χ0v) is 6.84. The number of halogens is 1. The van der Waals surface area contributed by atoms with Crippen LogP contribution in [0.15, 0.2) is 17.6 Å². The van der Waals surface area contributed by atoms with Gasteiger partial charge in [-0.25, -0.2) is 0 Å². The zero-order chi connectivity index (χ0) is 5.82.